The first-order valence-electron chi connectivity index (χ1n) is 11.6. The topological polar surface area (TPSA) is 139 Å². The summed E-state index contributed by atoms with van der Waals surface area (Å²) < 4.78 is 65.9. The number of aromatic nitrogens is 4. The Morgan fingerprint density at radius 1 is 1.06 bits per heavy atom. The maximum absolute atomic E-state index is 13.7. The van der Waals surface area contributed by atoms with Gasteiger partial charge in [0.25, 0.3) is 0 Å². The molecule has 2 aliphatic carbocycles. The highest BCUT2D eigenvalue weighted by Crippen LogP contribution is 2.45. The van der Waals surface area contributed by atoms with Gasteiger partial charge in [-0.3, -0.25) is 0 Å². The molecule has 0 bridgehead atoms. The summed E-state index contributed by atoms with van der Waals surface area (Å²) in [4.78, 5) is -0.995. The normalized spacial score (nSPS) is 29.9. The molecule has 13 heteroatoms. The number of rotatable bonds is 5. The van der Waals surface area contributed by atoms with E-state index in [0.717, 1.165) is 31.9 Å². The van der Waals surface area contributed by atoms with Gasteiger partial charge in [0.15, 0.2) is 0 Å². The van der Waals surface area contributed by atoms with Crippen LogP contribution in [-0.2, 0) is 16.2 Å². The number of nitrogens with two attached hydrogens (primary N) is 1. The molecule has 5 rings (SSSR count). The van der Waals surface area contributed by atoms with Gasteiger partial charge in [0, 0.05) is 23.7 Å². The largest absolute Gasteiger partial charge is 0.417 e. The summed E-state index contributed by atoms with van der Waals surface area (Å²) in [6, 6.07) is 3.58. The maximum atomic E-state index is 13.7. The lowest BCUT2D eigenvalue weighted by Gasteiger charge is -2.34. The Bertz CT molecular complexity index is 1130. The van der Waals surface area contributed by atoms with E-state index in [4.69, 9.17) is 5.14 Å². The second-order valence-corrected chi connectivity index (χ2v) is 11.1. The molecule has 3 fully saturated rings. The third-order valence-electron chi connectivity index (χ3n) is 7.67. The predicted octanol–water partition coefficient (Wildman–Crippen LogP) is 2.29. The van der Waals surface area contributed by atoms with Crippen LogP contribution < -0.4 is 15.8 Å². The number of alkyl halides is 3. The molecule has 0 amide bonds. The average molecular weight is 500 g/mol. The smallest absolute Gasteiger partial charge is 0.314 e. The molecule has 3 aliphatic rings. The lowest BCUT2D eigenvalue weighted by molar-refractivity contribution is -0.139. The fourth-order valence-electron chi connectivity index (χ4n) is 6.19. The molecule has 34 heavy (non-hydrogen) atoms. The highest BCUT2D eigenvalue weighted by Gasteiger charge is 2.42. The molecular formula is C21H28F3N7O2S. The van der Waals surface area contributed by atoms with E-state index < -0.39 is 26.7 Å². The number of nitrogens with zero attached hydrogens (tertiary/aromatic N) is 3. The molecule has 0 spiro atoms. The molecule has 9 nitrogen and oxygen atoms in total. The summed E-state index contributed by atoms with van der Waals surface area (Å²) in [5, 5.41) is 25.9. The Hall–Kier alpha value is -2.09. The molecule has 2 heterocycles. The molecule has 2 saturated carbocycles. The maximum Gasteiger partial charge on any atom is 0.417 e. The Morgan fingerprint density at radius 3 is 2.47 bits per heavy atom. The summed E-state index contributed by atoms with van der Waals surface area (Å²) in [7, 11) is -4.73. The second-order valence-electron chi connectivity index (χ2n) is 9.60. The van der Waals surface area contributed by atoms with Crippen molar-refractivity contribution in [1.29, 1.82) is 0 Å². The first kappa shape index (κ1) is 23.6. The summed E-state index contributed by atoms with van der Waals surface area (Å²) in [6.07, 6.45) is 1.73. The minimum atomic E-state index is -4.91. The first-order valence-corrected chi connectivity index (χ1v) is 13.2. The summed E-state index contributed by atoms with van der Waals surface area (Å²) in [6.45, 7) is 1.07. The lowest BCUT2D eigenvalue weighted by atomic mass is 9.79. The Labute approximate surface area is 195 Å². The zero-order valence-electron chi connectivity index (χ0n) is 18.5. The first-order chi connectivity index (χ1) is 16.1. The SMILES string of the molecule is NS(=O)(=O)c1c(C(F)(F)F)ccc(C2CCC(NC3CC[C@H]4NCCC34)CC2)c1-c1nn[nH]n1. The standard InChI is InChI=1S/C21H28F3N7O2S/c22-21(23,24)15-6-5-13(18(19(15)34(25,32)33)20-28-30-31-29-20)11-1-3-12(4-2-11)27-17-8-7-16-14(17)9-10-26-16/h5-6,11-12,14,16-17,26-27H,1-4,7-10H2,(H2,25,32,33)(H,28,29,30,31)/t11?,12?,14?,16-,17?/m1/s1. The van der Waals surface area contributed by atoms with E-state index in [-0.39, 0.29) is 17.3 Å². The van der Waals surface area contributed by atoms with E-state index >= 15 is 0 Å². The number of tetrazole rings is 1. The third-order valence-corrected chi connectivity index (χ3v) is 8.67. The number of halogens is 3. The minimum Gasteiger partial charge on any atom is -0.314 e. The van der Waals surface area contributed by atoms with Gasteiger partial charge in [-0.25, -0.2) is 13.6 Å². The van der Waals surface area contributed by atoms with Gasteiger partial charge in [0.1, 0.15) is 4.90 Å². The van der Waals surface area contributed by atoms with Gasteiger partial charge < -0.3 is 10.6 Å². The van der Waals surface area contributed by atoms with E-state index in [9.17, 15) is 21.6 Å². The molecule has 1 saturated heterocycles. The highest BCUT2D eigenvalue weighted by molar-refractivity contribution is 7.89. The van der Waals surface area contributed by atoms with Gasteiger partial charge in [0.05, 0.1) is 5.56 Å². The van der Waals surface area contributed by atoms with Crippen LogP contribution in [-0.4, -0.2) is 53.7 Å². The summed E-state index contributed by atoms with van der Waals surface area (Å²) in [5.41, 5.74) is -1.08. The minimum absolute atomic E-state index is 0.140. The zero-order valence-corrected chi connectivity index (χ0v) is 19.3. The van der Waals surface area contributed by atoms with Gasteiger partial charge in [-0.1, -0.05) is 6.07 Å². The van der Waals surface area contributed by atoms with E-state index in [1.54, 1.807) is 0 Å². The molecule has 186 valence electrons. The van der Waals surface area contributed by atoms with Crippen molar-refractivity contribution < 1.29 is 21.6 Å². The van der Waals surface area contributed by atoms with Gasteiger partial charge in [0.2, 0.25) is 15.8 Å². The molecule has 1 aromatic carbocycles. The Morgan fingerprint density at radius 2 is 1.82 bits per heavy atom. The molecule has 0 radical (unpaired) electrons. The Balaban J connectivity index is 1.42. The predicted molar refractivity (Wildman–Crippen MR) is 117 cm³/mol. The average Bonchev–Trinajstić information content (AvgIpc) is 3.52. The van der Waals surface area contributed by atoms with E-state index in [1.807, 2.05) is 0 Å². The number of H-pyrrole nitrogens is 1. The number of nitrogens with one attached hydrogen (secondary N) is 3. The lowest BCUT2D eigenvalue weighted by Crippen LogP contribution is -2.43. The number of primary sulfonamides is 1. The van der Waals surface area contributed by atoms with Gasteiger partial charge in [-0.2, -0.15) is 18.4 Å². The van der Waals surface area contributed by atoms with E-state index in [2.05, 4.69) is 31.3 Å². The number of sulfonamides is 1. The van der Waals surface area contributed by atoms with Crippen LogP contribution in [0.2, 0.25) is 0 Å². The van der Waals surface area contributed by atoms with Crippen molar-refractivity contribution in [3.8, 4) is 11.4 Å². The van der Waals surface area contributed by atoms with Gasteiger partial charge in [-0.05, 0) is 80.2 Å². The van der Waals surface area contributed by atoms with Crippen LogP contribution in [0.1, 0.15) is 62.0 Å². The molecule has 1 aromatic heterocycles. The molecule has 2 unspecified atom stereocenters. The van der Waals surface area contributed by atoms with Crippen LogP contribution in [0.15, 0.2) is 17.0 Å². The van der Waals surface area contributed by atoms with Gasteiger partial charge >= 0.3 is 6.18 Å². The summed E-state index contributed by atoms with van der Waals surface area (Å²) in [5.74, 6) is 0.310. The van der Waals surface area contributed by atoms with Gasteiger partial charge in [-0.15, -0.1) is 10.2 Å². The van der Waals surface area contributed by atoms with Crippen LogP contribution in [0.25, 0.3) is 11.4 Å². The van der Waals surface area contributed by atoms with Crippen molar-refractivity contribution in [2.75, 3.05) is 6.54 Å². The van der Waals surface area contributed by atoms with Crippen molar-refractivity contribution >= 4 is 10.0 Å². The summed E-state index contributed by atoms with van der Waals surface area (Å²) >= 11 is 0. The zero-order chi connectivity index (χ0) is 24.1. The van der Waals surface area contributed by atoms with Crippen LogP contribution in [0.5, 0.6) is 0 Å². The number of fused-ring (bicyclic) bond motifs is 1. The molecule has 2 aromatic rings. The highest BCUT2D eigenvalue weighted by atomic mass is 32.2. The van der Waals surface area contributed by atoms with Crippen molar-refractivity contribution in [2.45, 2.75) is 80.1 Å². The Kier molecular flexibility index (Phi) is 6.15. The third kappa shape index (κ3) is 4.45. The monoisotopic (exact) mass is 499 g/mol. The van der Waals surface area contributed by atoms with E-state index in [1.165, 1.54) is 18.9 Å². The quantitative estimate of drug-likeness (QED) is 0.495. The number of aromatic amines is 1. The van der Waals surface area contributed by atoms with E-state index in [0.29, 0.717) is 42.4 Å². The molecular weight excluding hydrogens is 471 g/mol. The number of benzene rings is 1. The molecule has 1 aliphatic heterocycles. The van der Waals surface area contributed by atoms with Crippen molar-refractivity contribution in [1.82, 2.24) is 31.3 Å². The fraction of sp³-hybridized carbons (Fsp3) is 0.667. The van der Waals surface area contributed by atoms with Crippen LogP contribution >= 0.6 is 0 Å². The van der Waals surface area contributed by atoms with Crippen LogP contribution in [0.3, 0.4) is 0 Å². The molecule has 3 atom stereocenters. The van der Waals surface area contributed by atoms with Crippen LogP contribution in [0.4, 0.5) is 13.2 Å². The fourth-order valence-corrected chi connectivity index (χ4v) is 7.18. The second kappa shape index (κ2) is 8.85. The van der Waals surface area contributed by atoms with Crippen molar-refractivity contribution in [3.63, 3.8) is 0 Å². The van der Waals surface area contributed by atoms with Crippen LogP contribution in [0, 0.1) is 5.92 Å². The van der Waals surface area contributed by atoms with Crippen molar-refractivity contribution in [3.05, 3.63) is 23.3 Å². The molecule has 5 N–H and O–H groups in total. The number of hydrogen-bond acceptors (Lipinski definition) is 7. The number of hydrogen-bond donors (Lipinski definition) is 4. The van der Waals surface area contributed by atoms with Crippen molar-refractivity contribution in [2.24, 2.45) is 11.1 Å².